The second kappa shape index (κ2) is 6.39. The van der Waals surface area contributed by atoms with Crippen molar-refractivity contribution in [3.63, 3.8) is 0 Å². The summed E-state index contributed by atoms with van der Waals surface area (Å²) in [4.78, 5) is 0.0759. The van der Waals surface area contributed by atoms with E-state index in [0.29, 0.717) is 12.2 Å². The van der Waals surface area contributed by atoms with Crippen molar-refractivity contribution in [2.45, 2.75) is 30.2 Å². The van der Waals surface area contributed by atoms with E-state index in [4.69, 9.17) is 4.74 Å². The Kier molecular flexibility index (Phi) is 4.98. The number of hydrogen-bond donors (Lipinski definition) is 2. The van der Waals surface area contributed by atoms with Crippen LogP contribution in [0.15, 0.2) is 23.1 Å². The fourth-order valence-corrected chi connectivity index (χ4v) is 3.78. The van der Waals surface area contributed by atoms with Gasteiger partial charge in [0.05, 0.1) is 17.0 Å². The smallest absolute Gasteiger partial charge is 0.240 e. The van der Waals surface area contributed by atoms with Gasteiger partial charge in [0.15, 0.2) is 0 Å². The van der Waals surface area contributed by atoms with E-state index in [1.807, 2.05) is 0 Å². The van der Waals surface area contributed by atoms with Gasteiger partial charge in [0, 0.05) is 13.7 Å². The van der Waals surface area contributed by atoms with Gasteiger partial charge in [-0.3, -0.25) is 0 Å². The molecule has 0 aliphatic carbocycles. The van der Waals surface area contributed by atoms with Crippen molar-refractivity contribution in [3.8, 4) is 0 Å². The van der Waals surface area contributed by atoms with Gasteiger partial charge in [0.2, 0.25) is 10.0 Å². The van der Waals surface area contributed by atoms with Crippen LogP contribution < -0.4 is 10.0 Å². The summed E-state index contributed by atoms with van der Waals surface area (Å²) < 4.78 is 45.6. The van der Waals surface area contributed by atoms with Crippen molar-refractivity contribution in [1.82, 2.24) is 10.0 Å². The molecule has 1 atom stereocenters. The quantitative estimate of drug-likeness (QED) is 0.827. The number of benzene rings is 1. The van der Waals surface area contributed by atoms with Crippen LogP contribution in [-0.4, -0.2) is 40.8 Å². The molecule has 1 heterocycles. The molecule has 118 valence electrons. The summed E-state index contributed by atoms with van der Waals surface area (Å²) in [5, 5.41) is 3.30. The Morgan fingerprint density at radius 3 is 2.81 bits per heavy atom. The number of halogens is 1. The first-order valence-electron chi connectivity index (χ1n) is 6.88. The van der Waals surface area contributed by atoms with Gasteiger partial charge >= 0.3 is 0 Å². The van der Waals surface area contributed by atoms with E-state index >= 15 is 0 Å². The Hall–Kier alpha value is -1.02. The van der Waals surface area contributed by atoms with Crippen molar-refractivity contribution >= 4 is 10.0 Å². The first-order chi connectivity index (χ1) is 9.88. The fourth-order valence-electron chi connectivity index (χ4n) is 2.57. The third-order valence-corrected chi connectivity index (χ3v) is 5.19. The lowest BCUT2D eigenvalue weighted by atomic mass is 9.99. The molecule has 1 aliphatic rings. The first kappa shape index (κ1) is 16.4. The van der Waals surface area contributed by atoms with Gasteiger partial charge in [-0.2, -0.15) is 0 Å². The van der Waals surface area contributed by atoms with Crippen LogP contribution in [0, 0.1) is 12.7 Å². The molecule has 0 saturated carbocycles. The number of aryl methyl sites for hydroxylation is 1. The maximum Gasteiger partial charge on any atom is 0.240 e. The molecule has 0 radical (unpaired) electrons. The molecule has 1 aliphatic heterocycles. The first-order valence-corrected chi connectivity index (χ1v) is 8.37. The van der Waals surface area contributed by atoms with Crippen molar-refractivity contribution in [1.29, 1.82) is 0 Å². The highest BCUT2D eigenvalue weighted by Gasteiger charge is 2.34. The number of rotatable bonds is 6. The second-order valence-corrected chi connectivity index (χ2v) is 7.25. The van der Waals surface area contributed by atoms with Crippen LogP contribution in [0.1, 0.15) is 18.4 Å². The van der Waals surface area contributed by atoms with Gasteiger partial charge in [-0.1, -0.05) is 0 Å². The minimum atomic E-state index is -3.66. The number of sulfonamides is 1. The van der Waals surface area contributed by atoms with E-state index in [2.05, 4.69) is 10.0 Å². The van der Waals surface area contributed by atoms with E-state index in [9.17, 15) is 12.8 Å². The Balaban J connectivity index is 2.11. The summed E-state index contributed by atoms with van der Waals surface area (Å²) in [5.74, 6) is -0.415. The molecule has 0 bridgehead atoms. The SMILES string of the molecule is COCC1(CNS(=O)(=O)c2ccc(F)c(C)c2)CCCN1. The molecule has 1 aromatic rings. The predicted octanol–water partition coefficient (Wildman–Crippen LogP) is 1.18. The lowest BCUT2D eigenvalue weighted by Gasteiger charge is -2.28. The molecule has 21 heavy (non-hydrogen) atoms. The normalized spacial score (nSPS) is 22.6. The topological polar surface area (TPSA) is 67.4 Å². The lowest BCUT2D eigenvalue weighted by molar-refractivity contribution is 0.122. The van der Waals surface area contributed by atoms with Gasteiger partial charge < -0.3 is 10.1 Å². The zero-order chi connectivity index (χ0) is 15.5. The molecular weight excluding hydrogens is 295 g/mol. The Bertz CT molecular complexity index is 598. The molecule has 2 N–H and O–H groups in total. The van der Waals surface area contributed by atoms with Crippen molar-refractivity contribution in [2.24, 2.45) is 0 Å². The van der Waals surface area contributed by atoms with Gasteiger partial charge in [-0.25, -0.2) is 17.5 Å². The molecule has 0 spiro atoms. The molecule has 1 aromatic carbocycles. The highest BCUT2D eigenvalue weighted by Crippen LogP contribution is 2.20. The standard InChI is InChI=1S/C14H21FN2O3S/c1-11-8-12(4-5-13(11)15)21(18,19)17-9-14(10-20-2)6-3-7-16-14/h4-5,8,16-17H,3,6-7,9-10H2,1-2H3. The summed E-state index contributed by atoms with van der Waals surface area (Å²) >= 11 is 0. The van der Waals surface area contributed by atoms with Crippen LogP contribution in [0.3, 0.4) is 0 Å². The Labute approximate surface area is 124 Å². The van der Waals surface area contributed by atoms with Gasteiger partial charge in [-0.15, -0.1) is 0 Å². The van der Waals surface area contributed by atoms with Crippen LogP contribution >= 0.6 is 0 Å². The third-order valence-electron chi connectivity index (χ3n) is 3.79. The zero-order valence-electron chi connectivity index (χ0n) is 12.3. The largest absolute Gasteiger partial charge is 0.383 e. The Morgan fingerprint density at radius 2 is 2.24 bits per heavy atom. The van der Waals surface area contributed by atoms with E-state index in [1.54, 1.807) is 14.0 Å². The molecule has 0 amide bonds. The van der Waals surface area contributed by atoms with E-state index in [1.165, 1.54) is 18.2 Å². The third kappa shape index (κ3) is 3.79. The van der Waals surface area contributed by atoms with Crippen LogP contribution in [-0.2, 0) is 14.8 Å². The minimum Gasteiger partial charge on any atom is -0.383 e. The summed E-state index contributed by atoms with van der Waals surface area (Å²) in [6, 6.07) is 3.78. The van der Waals surface area contributed by atoms with Crippen molar-refractivity contribution < 1.29 is 17.5 Å². The van der Waals surface area contributed by atoms with E-state index < -0.39 is 15.8 Å². The highest BCUT2D eigenvalue weighted by atomic mass is 32.2. The molecule has 2 rings (SSSR count). The molecule has 1 unspecified atom stereocenters. The number of methoxy groups -OCH3 is 1. The predicted molar refractivity (Wildman–Crippen MR) is 78.2 cm³/mol. The molecule has 1 fully saturated rings. The summed E-state index contributed by atoms with van der Waals surface area (Å²) in [6.45, 7) is 3.08. The van der Waals surface area contributed by atoms with Crippen LogP contribution in [0.5, 0.6) is 0 Å². The molecule has 1 saturated heterocycles. The summed E-state index contributed by atoms with van der Waals surface area (Å²) in [5.41, 5.74) is -0.0554. The number of nitrogens with one attached hydrogen (secondary N) is 2. The lowest BCUT2D eigenvalue weighted by Crippen LogP contribution is -2.52. The van der Waals surface area contributed by atoms with E-state index in [-0.39, 0.29) is 17.0 Å². The molecule has 0 aromatic heterocycles. The number of ether oxygens (including phenoxy) is 1. The summed E-state index contributed by atoms with van der Waals surface area (Å²) in [6.07, 6.45) is 1.84. The molecular formula is C14H21FN2O3S. The Morgan fingerprint density at radius 1 is 1.48 bits per heavy atom. The van der Waals surface area contributed by atoms with E-state index in [0.717, 1.165) is 19.4 Å². The summed E-state index contributed by atoms with van der Waals surface area (Å²) in [7, 11) is -2.06. The fraction of sp³-hybridized carbons (Fsp3) is 0.571. The average molecular weight is 316 g/mol. The minimum absolute atomic E-state index is 0.0759. The maximum atomic E-state index is 13.2. The van der Waals surface area contributed by atoms with Gasteiger partial charge in [0.25, 0.3) is 0 Å². The van der Waals surface area contributed by atoms with Gasteiger partial charge in [0.1, 0.15) is 5.82 Å². The molecule has 5 nitrogen and oxygen atoms in total. The maximum absolute atomic E-state index is 13.2. The van der Waals surface area contributed by atoms with Crippen LogP contribution in [0.2, 0.25) is 0 Å². The highest BCUT2D eigenvalue weighted by molar-refractivity contribution is 7.89. The van der Waals surface area contributed by atoms with Gasteiger partial charge in [-0.05, 0) is 50.1 Å². The second-order valence-electron chi connectivity index (χ2n) is 5.48. The zero-order valence-corrected chi connectivity index (χ0v) is 13.1. The van der Waals surface area contributed by atoms with Crippen molar-refractivity contribution in [3.05, 3.63) is 29.6 Å². The van der Waals surface area contributed by atoms with Crippen LogP contribution in [0.4, 0.5) is 4.39 Å². The van der Waals surface area contributed by atoms with Crippen LogP contribution in [0.25, 0.3) is 0 Å². The molecule has 7 heteroatoms. The average Bonchev–Trinajstić information content (AvgIpc) is 2.89. The monoisotopic (exact) mass is 316 g/mol. The van der Waals surface area contributed by atoms with Crippen molar-refractivity contribution in [2.75, 3.05) is 26.8 Å². The number of hydrogen-bond acceptors (Lipinski definition) is 4.